The number of hydrogen-bond acceptors (Lipinski definition) is 3. The van der Waals surface area contributed by atoms with E-state index in [-0.39, 0.29) is 6.10 Å². The highest BCUT2D eigenvalue weighted by molar-refractivity contribution is 5.38. The summed E-state index contributed by atoms with van der Waals surface area (Å²) in [5.74, 6) is 0. The van der Waals surface area contributed by atoms with Crippen LogP contribution in [0, 0.1) is 0 Å². The molecule has 0 aromatic heterocycles. The molecule has 1 fully saturated rings. The predicted octanol–water partition coefficient (Wildman–Crippen LogP) is -0.226. The Balaban J connectivity index is 2.21. The molecule has 1 heterocycles. The Labute approximate surface area is 54.6 Å². The van der Waals surface area contributed by atoms with Crippen LogP contribution >= 0.6 is 0 Å². The highest BCUT2D eigenvalue weighted by Crippen LogP contribution is 2.08. The van der Waals surface area contributed by atoms with Gasteiger partial charge in [-0.1, -0.05) is 0 Å². The summed E-state index contributed by atoms with van der Waals surface area (Å²) in [6.07, 6.45) is 1.04. The number of ether oxygens (including phenoxy) is 1. The molecule has 0 N–H and O–H groups in total. The number of likely N-dealkylation sites (tertiary alicyclic amines) is 1. The van der Waals surface area contributed by atoms with E-state index in [2.05, 4.69) is 9.64 Å². The Morgan fingerprint density at radius 1 is 1.78 bits per heavy atom. The topological polar surface area (TPSA) is 29.5 Å². The van der Waals surface area contributed by atoms with Crippen molar-refractivity contribution in [2.24, 2.45) is 0 Å². The Bertz CT molecular complexity index is 105. The highest BCUT2D eigenvalue weighted by Gasteiger charge is 2.19. The molecular formula is C6H10NO2. The van der Waals surface area contributed by atoms with Crippen LogP contribution in [0.15, 0.2) is 0 Å². The molecule has 0 saturated carbocycles. The third kappa shape index (κ3) is 1.68. The lowest BCUT2D eigenvalue weighted by Gasteiger charge is -2.06. The van der Waals surface area contributed by atoms with Crippen molar-refractivity contribution < 1.29 is 9.53 Å². The van der Waals surface area contributed by atoms with Gasteiger partial charge in [-0.25, -0.2) is 4.79 Å². The van der Waals surface area contributed by atoms with Crippen molar-refractivity contribution in [3.05, 3.63) is 0 Å². The third-order valence-corrected chi connectivity index (χ3v) is 1.56. The molecule has 3 nitrogen and oxygen atoms in total. The van der Waals surface area contributed by atoms with Gasteiger partial charge in [0.05, 0.1) is 0 Å². The second kappa shape index (κ2) is 2.82. The van der Waals surface area contributed by atoms with Gasteiger partial charge in [-0.05, 0) is 13.5 Å². The molecule has 1 aliphatic heterocycles. The number of nitrogens with zero attached hydrogens (tertiary/aromatic N) is 1. The van der Waals surface area contributed by atoms with Crippen molar-refractivity contribution in [1.82, 2.24) is 4.90 Å². The second-order valence-corrected chi connectivity index (χ2v) is 2.37. The minimum atomic E-state index is 0.0903. The molecule has 9 heavy (non-hydrogen) atoms. The fourth-order valence-corrected chi connectivity index (χ4v) is 1.06. The lowest BCUT2D eigenvalue weighted by atomic mass is 10.3. The molecule has 51 valence electrons. The van der Waals surface area contributed by atoms with Gasteiger partial charge in [0.1, 0.15) is 6.10 Å². The fourth-order valence-electron chi connectivity index (χ4n) is 1.06. The normalized spacial score (nSPS) is 28.3. The van der Waals surface area contributed by atoms with Crippen molar-refractivity contribution >= 4 is 6.47 Å². The summed E-state index contributed by atoms with van der Waals surface area (Å²) in [5.41, 5.74) is 0. The summed E-state index contributed by atoms with van der Waals surface area (Å²) in [7, 11) is 2.01. The third-order valence-electron chi connectivity index (χ3n) is 1.56. The van der Waals surface area contributed by atoms with E-state index in [0.717, 1.165) is 19.5 Å². The molecule has 0 amide bonds. The first-order valence-corrected chi connectivity index (χ1v) is 3.04. The Morgan fingerprint density at radius 3 is 3.00 bits per heavy atom. The zero-order chi connectivity index (χ0) is 6.69. The predicted molar refractivity (Wildman–Crippen MR) is 32.7 cm³/mol. The monoisotopic (exact) mass is 128 g/mol. The van der Waals surface area contributed by atoms with Gasteiger partial charge in [-0.3, -0.25) is 0 Å². The minimum absolute atomic E-state index is 0.0903. The molecule has 0 aromatic rings. The van der Waals surface area contributed by atoms with Crippen LogP contribution in [-0.2, 0) is 9.53 Å². The SMILES string of the molecule is CN1CCC(O[C]=O)C1. The van der Waals surface area contributed by atoms with E-state index in [0.29, 0.717) is 0 Å². The summed E-state index contributed by atoms with van der Waals surface area (Å²) < 4.78 is 4.63. The summed E-state index contributed by atoms with van der Waals surface area (Å²) in [5, 5.41) is 0. The summed E-state index contributed by atoms with van der Waals surface area (Å²) in [6, 6.07) is 0. The van der Waals surface area contributed by atoms with Crippen molar-refractivity contribution in [2.75, 3.05) is 20.1 Å². The molecule has 1 saturated heterocycles. The first-order chi connectivity index (χ1) is 4.33. The number of likely N-dealkylation sites (N-methyl/N-ethyl adjacent to an activating group) is 1. The van der Waals surface area contributed by atoms with Gasteiger partial charge in [-0.15, -0.1) is 0 Å². The molecule has 3 heteroatoms. The fraction of sp³-hybridized carbons (Fsp3) is 0.833. The van der Waals surface area contributed by atoms with E-state index in [1.165, 1.54) is 6.47 Å². The van der Waals surface area contributed by atoms with Crippen molar-refractivity contribution in [2.45, 2.75) is 12.5 Å². The van der Waals surface area contributed by atoms with E-state index >= 15 is 0 Å². The summed E-state index contributed by atoms with van der Waals surface area (Å²) >= 11 is 0. The van der Waals surface area contributed by atoms with Gasteiger partial charge in [0.2, 0.25) is 0 Å². The lowest BCUT2D eigenvalue weighted by Crippen LogP contribution is -2.18. The molecule has 1 aliphatic rings. The van der Waals surface area contributed by atoms with E-state index in [1.54, 1.807) is 0 Å². The molecule has 1 unspecified atom stereocenters. The average Bonchev–Trinajstić information content (AvgIpc) is 2.17. The van der Waals surface area contributed by atoms with Gasteiger partial charge in [0.25, 0.3) is 0 Å². The van der Waals surface area contributed by atoms with Crippen molar-refractivity contribution in [3.8, 4) is 0 Å². The van der Waals surface area contributed by atoms with Gasteiger partial charge in [-0.2, -0.15) is 0 Å². The second-order valence-electron chi connectivity index (χ2n) is 2.37. The van der Waals surface area contributed by atoms with Gasteiger partial charge < -0.3 is 9.64 Å². The Kier molecular flexibility index (Phi) is 2.05. The largest absolute Gasteiger partial charge is 0.453 e. The molecule has 0 aliphatic carbocycles. The van der Waals surface area contributed by atoms with Crippen LogP contribution in [-0.4, -0.2) is 37.6 Å². The van der Waals surface area contributed by atoms with Crippen LogP contribution in [0.4, 0.5) is 0 Å². The first kappa shape index (κ1) is 6.55. The maximum Gasteiger partial charge on any atom is 0.417 e. The van der Waals surface area contributed by atoms with Crippen LogP contribution in [0.2, 0.25) is 0 Å². The molecule has 0 aromatic carbocycles. The average molecular weight is 128 g/mol. The van der Waals surface area contributed by atoms with Gasteiger partial charge >= 0.3 is 6.47 Å². The van der Waals surface area contributed by atoms with E-state index < -0.39 is 0 Å². The smallest absolute Gasteiger partial charge is 0.417 e. The van der Waals surface area contributed by atoms with Crippen molar-refractivity contribution in [3.63, 3.8) is 0 Å². The van der Waals surface area contributed by atoms with Crippen LogP contribution in [0.3, 0.4) is 0 Å². The van der Waals surface area contributed by atoms with Crippen LogP contribution in [0.5, 0.6) is 0 Å². The lowest BCUT2D eigenvalue weighted by molar-refractivity contribution is 0.183. The van der Waals surface area contributed by atoms with E-state index in [9.17, 15) is 4.79 Å². The van der Waals surface area contributed by atoms with Crippen LogP contribution in [0.1, 0.15) is 6.42 Å². The minimum Gasteiger partial charge on any atom is -0.453 e. The quantitative estimate of drug-likeness (QED) is 0.514. The summed E-state index contributed by atoms with van der Waals surface area (Å²) in [4.78, 5) is 11.8. The van der Waals surface area contributed by atoms with E-state index in [1.807, 2.05) is 7.05 Å². The zero-order valence-corrected chi connectivity index (χ0v) is 5.46. The zero-order valence-electron chi connectivity index (χ0n) is 5.46. The standard InChI is InChI=1S/C6H10NO2/c1-7-3-2-6(4-7)9-5-8/h6H,2-4H2,1H3. The van der Waals surface area contributed by atoms with Gasteiger partial charge in [0.15, 0.2) is 0 Å². The van der Waals surface area contributed by atoms with Crippen molar-refractivity contribution in [1.29, 1.82) is 0 Å². The molecular weight excluding hydrogens is 118 g/mol. The van der Waals surface area contributed by atoms with Gasteiger partial charge in [0, 0.05) is 13.1 Å². The highest BCUT2D eigenvalue weighted by atomic mass is 16.5. The number of hydrogen-bond donors (Lipinski definition) is 0. The number of rotatable bonds is 2. The maximum atomic E-state index is 9.70. The first-order valence-electron chi connectivity index (χ1n) is 3.04. The molecule has 1 atom stereocenters. The molecule has 0 bridgehead atoms. The molecule has 0 spiro atoms. The Hall–Kier alpha value is -0.570. The molecule has 1 rings (SSSR count). The number of carbonyl (C=O) groups excluding carboxylic acids is 1. The van der Waals surface area contributed by atoms with E-state index in [4.69, 9.17) is 0 Å². The molecule has 1 radical (unpaired) electrons. The Morgan fingerprint density at radius 2 is 2.56 bits per heavy atom. The maximum absolute atomic E-state index is 9.70. The summed E-state index contributed by atoms with van der Waals surface area (Å²) in [6.45, 7) is 3.33. The van der Waals surface area contributed by atoms with Crippen LogP contribution in [0.25, 0.3) is 0 Å². The van der Waals surface area contributed by atoms with Crippen LogP contribution < -0.4 is 0 Å².